The zero-order valence-electron chi connectivity index (χ0n) is 11.3. The number of nitro benzene ring substituents is 1. The number of hydrogen-bond donors (Lipinski definition) is 0. The van der Waals surface area contributed by atoms with Crippen LogP contribution in [0.2, 0.25) is 0 Å². The van der Waals surface area contributed by atoms with Crippen molar-refractivity contribution >= 4 is 29.2 Å². The van der Waals surface area contributed by atoms with Crippen molar-refractivity contribution in [2.24, 2.45) is 0 Å². The average Bonchev–Trinajstić information content (AvgIpc) is 2.46. The number of esters is 2. The number of non-ortho nitro benzene ring substituents is 1. The SMILES string of the molecule is CCOC(=O)C[C@H](CCl)OC(=O)c1ccc([N+](=O)[O-])cc1. The lowest BCUT2D eigenvalue weighted by Gasteiger charge is -2.14. The van der Waals surface area contributed by atoms with Gasteiger partial charge in [0.25, 0.3) is 5.69 Å². The van der Waals surface area contributed by atoms with Crippen molar-refractivity contribution in [3.05, 3.63) is 39.9 Å². The number of ether oxygens (including phenoxy) is 2. The van der Waals surface area contributed by atoms with Gasteiger partial charge in [-0.3, -0.25) is 14.9 Å². The molecule has 8 heteroatoms. The zero-order valence-corrected chi connectivity index (χ0v) is 12.0. The highest BCUT2D eigenvalue weighted by Crippen LogP contribution is 2.14. The summed E-state index contributed by atoms with van der Waals surface area (Å²) < 4.78 is 9.80. The van der Waals surface area contributed by atoms with Gasteiger partial charge in [-0.05, 0) is 19.1 Å². The van der Waals surface area contributed by atoms with Crippen molar-refractivity contribution in [3.8, 4) is 0 Å². The molecule has 0 unspecified atom stereocenters. The minimum Gasteiger partial charge on any atom is -0.466 e. The maximum absolute atomic E-state index is 11.8. The second-order valence-corrected chi connectivity index (χ2v) is 4.30. The fraction of sp³-hybridized carbons (Fsp3) is 0.385. The molecule has 114 valence electrons. The van der Waals surface area contributed by atoms with Crippen LogP contribution in [0.3, 0.4) is 0 Å². The van der Waals surface area contributed by atoms with Crippen LogP contribution in [0.5, 0.6) is 0 Å². The smallest absolute Gasteiger partial charge is 0.338 e. The first kappa shape index (κ1) is 16.9. The fourth-order valence-corrected chi connectivity index (χ4v) is 1.64. The molecule has 0 radical (unpaired) electrons. The highest BCUT2D eigenvalue weighted by Gasteiger charge is 2.20. The van der Waals surface area contributed by atoms with E-state index in [2.05, 4.69) is 0 Å². The van der Waals surface area contributed by atoms with Crippen molar-refractivity contribution < 1.29 is 24.0 Å². The predicted molar refractivity (Wildman–Crippen MR) is 74.3 cm³/mol. The van der Waals surface area contributed by atoms with E-state index in [1.165, 1.54) is 24.3 Å². The molecule has 0 spiro atoms. The van der Waals surface area contributed by atoms with Crippen LogP contribution < -0.4 is 0 Å². The molecule has 0 fully saturated rings. The lowest BCUT2D eigenvalue weighted by molar-refractivity contribution is -0.384. The molecule has 1 aromatic rings. The third kappa shape index (κ3) is 5.39. The van der Waals surface area contributed by atoms with E-state index in [4.69, 9.17) is 21.1 Å². The summed E-state index contributed by atoms with van der Waals surface area (Å²) in [6.07, 6.45) is -0.954. The third-order valence-corrected chi connectivity index (χ3v) is 2.80. The number of carbonyl (C=O) groups is 2. The molecule has 0 aliphatic rings. The molecule has 0 heterocycles. The molecular weight excluding hydrogens is 302 g/mol. The molecule has 1 rings (SSSR count). The second-order valence-electron chi connectivity index (χ2n) is 3.99. The summed E-state index contributed by atoms with van der Waals surface area (Å²) in [6, 6.07) is 4.93. The number of nitrogens with zero attached hydrogens (tertiary/aromatic N) is 1. The van der Waals surface area contributed by atoms with E-state index in [-0.39, 0.29) is 30.2 Å². The Balaban J connectivity index is 2.65. The van der Waals surface area contributed by atoms with Crippen LogP contribution in [-0.4, -0.2) is 35.5 Å². The minimum atomic E-state index is -0.812. The first-order valence-corrected chi connectivity index (χ1v) is 6.68. The van der Waals surface area contributed by atoms with Crippen LogP contribution in [0.1, 0.15) is 23.7 Å². The van der Waals surface area contributed by atoms with Crippen molar-refractivity contribution in [1.82, 2.24) is 0 Å². The Hall–Kier alpha value is -2.15. The number of nitro groups is 1. The second kappa shape index (κ2) is 8.21. The standard InChI is InChI=1S/C13H14ClNO6/c1-2-20-12(16)7-11(8-14)21-13(17)9-3-5-10(6-4-9)15(18)19/h3-6,11H,2,7-8H2,1H3/t11-/m1/s1. The summed E-state index contributed by atoms with van der Waals surface area (Å²) in [4.78, 5) is 33.1. The molecule has 0 aromatic heterocycles. The largest absolute Gasteiger partial charge is 0.466 e. The first-order valence-electron chi connectivity index (χ1n) is 6.15. The molecule has 0 aliphatic heterocycles. The van der Waals surface area contributed by atoms with E-state index in [1.54, 1.807) is 6.92 Å². The number of hydrogen-bond acceptors (Lipinski definition) is 6. The maximum Gasteiger partial charge on any atom is 0.338 e. The van der Waals surface area contributed by atoms with E-state index >= 15 is 0 Å². The Morgan fingerprint density at radius 1 is 1.33 bits per heavy atom. The Morgan fingerprint density at radius 3 is 2.43 bits per heavy atom. The maximum atomic E-state index is 11.8. The molecule has 1 atom stereocenters. The van der Waals surface area contributed by atoms with E-state index in [0.29, 0.717) is 0 Å². The van der Waals surface area contributed by atoms with Gasteiger partial charge in [0.05, 0.1) is 29.4 Å². The van der Waals surface area contributed by atoms with Gasteiger partial charge in [-0.2, -0.15) is 0 Å². The van der Waals surface area contributed by atoms with Gasteiger partial charge in [0.2, 0.25) is 0 Å². The Kier molecular flexibility index (Phi) is 6.61. The van der Waals surface area contributed by atoms with Crippen LogP contribution in [0.15, 0.2) is 24.3 Å². The van der Waals surface area contributed by atoms with Crippen LogP contribution in [0.4, 0.5) is 5.69 Å². The van der Waals surface area contributed by atoms with Gasteiger partial charge < -0.3 is 9.47 Å². The Morgan fingerprint density at radius 2 is 1.95 bits per heavy atom. The van der Waals surface area contributed by atoms with Gasteiger partial charge in [0.1, 0.15) is 6.10 Å². The fourth-order valence-electron chi connectivity index (χ4n) is 1.47. The molecule has 0 amide bonds. The summed E-state index contributed by atoms with van der Waals surface area (Å²) >= 11 is 5.64. The topological polar surface area (TPSA) is 95.7 Å². The van der Waals surface area contributed by atoms with E-state index < -0.39 is 23.0 Å². The first-order chi connectivity index (χ1) is 9.97. The van der Waals surface area contributed by atoms with Crippen LogP contribution in [-0.2, 0) is 14.3 Å². The van der Waals surface area contributed by atoms with Crippen molar-refractivity contribution in [1.29, 1.82) is 0 Å². The van der Waals surface area contributed by atoms with E-state index in [9.17, 15) is 19.7 Å². The molecule has 0 N–H and O–H groups in total. The van der Waals surface area contributed by atoms with Gasteiger partial charge in [-0.15, -0.1) is 11.6 Å². The normalized spacial score (nSPS) is 11.5. The molecule has 0 saturated heterocycles. The molecule has 0 bridgehead atoms. The van der Waals surface area contributed by atoms with Crippen LogP contribution in [0, 0.1) is 10.1 Å². The number of carbonyl (C=O) groups excluding carboxylic acids is 2. The quantitative estimate of drug-likeness (QED) is 0.331. The van der Waals surface area contributed by atoms with Crippen LogP contribution >= 0.6 is 11.6 Å². The summed E-state index contributed by atoms with van der Waals surface area (Å²) in [7, 11) is 0. The molecule has 21 heavy (non-hydrogen) atoms. The van der Waals surface area contributed by atoms with Crippen molar-refractivity contribution in [2.45, 2.75) is 19.4 Å². The predicted octanol–water partition coefficient (Wildman–Crippen LogP) is 2.31. The Labute approximate surface area is 125 Å². The monoisotopic (exact) mass is 315 g/mol. The van der Waals surface area contributed by atoms with E-state index in [0.717, 1.165) is 0 Å². The number of rotatable bonds is 7. The highest BCUT2D eigenvalue weighted by molar-refractivity contribution is 6.18. The van der Waals surface area contributed by atoms with Crippen molar-refractivity contribution in [3.63, 3.8) is 0 Å². The molecular formula is C13H14ClNO6. The highest BCUT2D eigenvalue weighted by atomic mass is 35.5. The third-order valence-electron chi connectivity index (χ3n) is 2.46. The summed E-state index contributed by atoms with van der Waals surface area (Å²) in [5.74, 6) is -1.28. The summed E-state index contributed by atoms with van der Waals surface area (Å²) in [6.45, 7) is 1.89. The molecule has 1 aromatic carbocycles. The van der Waals surface area contributed by atoms with Gasteiger partial charge in [-0.25, -0.2) is 4.79 Å². The average molecular weight is 316 g/mol. The molecule has 7 nitrogen and oxygen atoms in total. The van der Waals surface area contributed by atoms with Crippen LogP contribution in [0.25, 0.3) is 0 Å². The van der Waals surface area contributed by atoms with Gasteiger partial charge >= 0.3 is 11.9 Å². The van der Waals surface area contributed by atoms with Gasteiger partial charge in [0.15, 0.2) is 0 Å². The summed E-state index contributed by atoms with van der Waals surface area (Å²) in [5, 5.41) is 10.5. The minimum absolute atomic E-state index is 0.0580. The van der Waals surface area contributed by atoms with E-state index in [1.807, 2.05) is 0 Å². The molecule has 0 saturated carbocycles. The Bertz CT molecular complexity index is 516. The summed E-state index contributed by atoms with van der Waals surface area (Å²) in [5.41, 5.74) is 0.00606. The molecule has 0 aliphatic carbocycles. The number of benzene rings is 1. The van der Waals surface area contributed by atoms with Gasteiger partial charge in [0, 0.05) is 12.1 Å². The zero-order chi connectivity index (χ0) is 15.8. The lowest BCUT2D eigenvalue weighted by atomic mass is 10.2. The lowest BCUT2D eigenvalue weighted by Crippen LogP contribution is -2.24. The van der Waals surface area contributed by atoms with Crippen molar-refractivity contribution in [2.75, 3.05) is 12.5 Å². The number of alkyl halides is 1. The number of halogens is 1. The van der Waals surface area contributed by atoms with Gasteiger partial charge in [-0.1, -0.05) is 0 Å².